The third-order valence-electron chi connectivity index (χ3n) is 2.85. The minimum Gasteiger partial charge on any atom is -0.394 e. The third kappa shape index (κ3) is 3.28. The number of rotatable bonds is 5. The zero-order valence-corrected chi connectivity index (χ0v) is 10.5. The van der Waals surface area contributed by atoms with Crippen molar-refractivity contribution >= 4 is 12.3 Å². The summed E-state index contributed by atoms with van der Waals surface area (Å²) in [5.74, 6) is -0.275. The van der Waals surface area contributed by atoms with Crippen molar-refractivity contribution in [1.82, 2.24) is 10.2 Å². The van der Waals surface area contributed by atoms with Crippen molar-refractivity contribution in [3.8, 4) is 0 Å². The lowest BCUT2D eigenvalue weighted by Gasteiger charge is -2.21. The summed E-state index contributed by atoms with van der Waals surface area (Å²) in [6.45, 7) is 1.40. The van der Waals surface area contributed by atoms with Gasteiger partial charge in [0.05, 0.1) is 12.7 Å². The first kappa shape index (κ1) is 14.6. The Bertz CT molecular complexity index is 345. The number of carbonyl (C=O) groups excluding carboxylic acids is 2. The fourth-order valence-corrected chi connectivity index (χ4v) is 1.77. The van der Waals surface area contributed by atoms with Crippen LogP contribution in [0.3, 0.4) is 0 Å². The highest BCUT2D eigenvalue weighted by molar-refractivity contribution is 5.92. The van der Waals surface area contributed by atoms with E-state index in [1.165, 1.54) is 18.1 Å². The molecule has 0 aromatic carbocycles. The van der Waals surface area contributed by atoms with Gasteiger partial charge in [-0.2, -0.15) is 0 Å². The molecule has 102 valence electrons. The molecular formula is C11H19N3O4. The number of likely N-dealkylation sites (N-methyl/N-ethyl adjacent to an activating group) is 1. The van der Waals surface area contributed by atoms with E-state index in [0.29, 0.717) is 18.4 Å². The first-order valence-electron chi connectivity index (χ1n) is 5.68. The minimum absolute atomic E-state index is 0.192. The van der Waals surface area contributed by atoms with Gasteiger partial charge in [0.15, 0.2) is 0 Å². The Morgan fingerprint density at radius 2 is 2.33 bits per heavy atom. The van der Waals surface area contributed by atoms with Crippen molar-refractivity contribution in [3.05, 3.63) is 11.8 Å². The van der Waals surface area contributed by atoms with Crippen molar-refractivity contribution in [1.29, 1.82) is 0 Å². The van der Waals surface area contributed by atoms with E-state index in [-0.39, 0.29) is 18.6 Å². The Hall–Kier alpha value is -1.44. The van der Waals surface area contributed by atoms with Gasteiger partial charge >= 0.3 is 0 Å². The molecule has 1 saturated heterocycles. The van der Waals surface area contributed by atoms with E-state index in [0.717, 1.165) is 0 Å². The van der Waals surface area contributed by atoms with Gasteiger partial charge in [-0.05, 0) is 6.92 Å². The summed E-state index contributed by atoms with van der Waals surface area (Å²) in [6.07, 6.45) is 1.37. The van der Waals surface area contributed by atoms with Crippen LogP contribution >= 0.6 is 0 Å². The molecule has 1 heterocycles. The van der Waals surface area contributed by atoms with Crippen LogP contribution in [0.1, 0.15) is 13.3 Å². The SMILES string of the molecule is CNC(=O)/C(C)=C\N(C=O)C1CC(N)C(CO)O1. The van der Waals surface area contributed by atoms with E-state index >= 15 is 0 Å². The third-order valence-corrected chi connectivity index (χ3v) is 2.85. The molecule has 3 atom stereocenters. The Morgan fingerprint density at radius 3 is 2.78 bits per heavy atom. The summed E-state index contributed by atoms with van der Waals surface area (Å²) >= 11 is 0. The van der Waals surface area contributed by atoms with Gasteiger partial charge in [0, 0.05) is 31.3 Å². The van der Waals surface area contributed by atoms with Gasteiger partial charge in [0.25, 0.3) is 0 Å². The van der Waals surface area contributed by atoms with Crippen LogP contribution < -0.4 is 11.1 Å². The molecule has 3 unspecified atom stereocenters. The smallest absolute Gasteiger partial charge is 0.248 e. The summed E-state index contributed by atoms with van der Waals surface area (Å²) in [5, 5.41) is 11.5. The van der Waals surface area contributed by atoms with Crippen molar-refractivity contribution < 1.29 is 19.4 Å². The van der Waals surface area contributed by atoms with Gasteiger partial charge in [-0.25, -0.2) is 0 Å². The van der Waals surface area contributed by atoms with Crippen LogP contribution in [0, 0.1) is 0 Å². The monoisotopic (exact) mass is 257 g/mol. The van der Waals surface area contributed by atoms with E-state index < -0.39 is 12.3 Å². The number of ether oxygens (including phenoxy) is 1. The van der Waals surface area contributed by atoms with E-state index in [2.05, 4.69) is 5.32 Å². The number of hydrogen-bond donors (Lipinski definition) is 3. The number of carbonyl (C=O) groups is 2. The standard InChI is InChI=1S/C11H19N3O4/c1-7(11(17)13-2)4-14(6-16)10-3-8(12)9(5-15)18-10/h4,6,8-10,15H,3,5,12H2,1-2H3,(H,13,17)/b7-4-. The van der Waals surface area contributed by atoms with Gasteiger partial charge in [-0.1, -0.05) is 0 Å². The number of nitrogens with two attached hydrogens (primary N) is 1. The molecule has 0 aliphatic carbocycles. The number of hydrogen-bond acceptors (Lipinski definition) is 5. The van der Waals surface area contributed by atoms with Crippen LogP contribution in [-0.4, -0.2) is 54.4 Å². The fourth-order valence-electron chi connectivity index (χ4n) is 1.77. The van der Waals surface area contributed by atoms with Crippen LogP contribution in [0.15, 0.2) is 11.8 Å². The molecule has 0 saturated carbocycles. The number of amides is 2. The summed E-state index contributed by atoms with van der Waals surface area (Å²) in [4.78, 5) is 23.6. The summed E-state index contributed by atoms with van der Waals surface area (Å²) in [6, 6.07) is -0.323. The topological polar surface area (TPSA) is 105 Å². The second-order valence-electron chi connectivity index (χ2n) is 4.16. The van der Waals surface area contributed by atoms with Crippen LogP contribution in [0.2, 0.25) is 0 Å². The van der Waals surface area contributed by atoms with Crippen molar-refractivity contribution in [2.24, 2.45) is 5.73 Å². The van der Waals surface area contributed by atoms with Crippen molar-refractivity contribution in [2.45, 2.75) is 31.7 Å². The molecule has 4 N–H and O–H groups in total. The van der Waals surface area contributed by atoms with E-state index in [1.54, 1.807) is 6.92 Å². The highest BCUT2D eigenvalue weighted by atomic mass is 16.5. The highest BCUT2D eigenvalue weighted by Gasteiger charge is 2.35. The molecule has 7 nitrogen and oxygen atoms in total. The normalized spacial score (nSPS) is 28.0. The summed E-state index contributed by atoms with van der Waals surface area (Å²) in [7, 11) is 1.51. The van der Waals surface area contributed by atoms with Gasteiger partial charge in [-0.15, -0.1) is 0 Å². The Kier molecular flexibility index (Phi) is 5.26. The molecule has 0 aromatic heterocycles. The predicted molar refractivity (Wildman–Crippen MR) is 64.1 cm³/mol. The lowest BCUT2D eigenvalue weighted by molar-refractivity contribution is -0.127. The molecule has 1 aliphatic heterocycles. The summed E-state index contributed by atoms with van der Waals surface area (Å²) < 4.78 is 5.43. The molecule has 2 amide bonds. The molecule has 0 spiro atoms. The van der Waals surface area contributed by atoms with Gasteiger partial charge < -0.3 is 20.9 Å². The van der Waals surface area contributed by atoms with Gasteiger partial charge in [0.1, 0.15) is 6.23 Å². The van der Waals surface area contributed by atoms with Crippen molar-refractivity contribution in [2.75, 3.05) is 13.7 Å². The maximum Gasteiger partial charge on any atom is 0.248 e. The maximum atomic E-state index is 11.3. The highest BCUT2D eigenvalue weighted by Crippen LogP contribution is 2.21. The zero-order valence-electron chi connectivity index (χ0n) is 10.5. The molecule has 1 rings (SSSR count). The first-order chi connectivity index (χ1) is 8.53. The van der Waals surface area contributed by atoms with E-state index in [1.807, 2.05) is 0 Å². The lowest BCUT2D eigenvalue weighted by Crippen LogP contribution is -2.32. The number of nitrogens with zero attached hydrogens (tertiary/aromatic N) is 1. The Morgan fingerprint density at radius 1 is 1.67 bits per heavy atom. The average molecular weight is 257 g/mol. The summed E-state index contributed by atoms with van der Waals surface area (Å²) in [5.41, 5.74) is 6.15. The molecule has 7 heteroatoms. The number of nitrogens with one attached hydrogen (secondary N) is 1. The Labute approximate surface area is 106 Å². The fraction of sp³-hybridized carbons (Fsp3) is 0.636. The quantitative estimate of drug-likeness (QED) is 0.412. The molecule has 0 bridgehead atoms. The minimum atomic E-state index is -0.547. The zero-order chi connectivity index (χ0) is 13.7. The molecule has 1 fully saturated rings. The Balaban J connectivity index is 2.74. The van der Waals surface area contributed by atoms with Crippen LogP contribution in [0.4, 0.5) is 0 Å². The van der Waals surface area contributed by atoms with Gasteiger partial charge in [0.2, 0.25) is 12.3 Å². The second-order valence-corrected chi connectivity index (χ2v) is 4.16. The molecule has 1 aliphatic rings. The maximum absolute atomic E-state index is 11.3. The average Bonchev–Trinajstić information content (AvgIpc) is 2.75. The molecule has 0 aromatic rings. The van der Waals surface area contributed by atoms with Crippen LogP contribution in [0.5, 0.6) is 0 Å². The van der Waals surface area contributed by atoms with Gasteiger partial charge in [-0.3, -0.25) is 14.5 Å². The molecular weight excluding hydrogens is 238 g/mol. The van der Waals surface area contributed by atoms with Crippen LogP contribution in [-0.2, 0) is 14.3 Å². The number of aliphatic hydroxyl groups is 1. The number of aliphatic hydroxyl groups excluding tert-OH is 1. The second kappa shape index (κ2) is 6.48. The van der Waals surface area contributed by atoms with E-state index in [9.17, 15) is 9.59 Å². The predicted octanol–water partition coefficient (Wildman–Crippen LogP) is -1.47. The van der Waals surface area contributed by atoms with Crippen molar-refractivity contribution in [3.63, 3.8) is 0 Å². The molecule has 18 heavy (non-hydrogen) atoms. The molecule has 0 radical (unpaired) electrons. The largest absolute Gasteiger partial charge is 0.394 e. The lowest BCUT2D eigenvalue weighted by atomic mass is 10.1. The van der Waals surface area contributed by atoms with E-state index in [4.69, 9.17) is 15.6 Å². The first-order valence-corrected chi connectivity index (χ1v) is 5.68. The van der Waals surface area contributed by atoms with Crippen LogP contribution in [0.25, 0.3) is 0 Å².